The first-order valence-corrected chi connectivity index (χ1v) is 20.9. The number of fused-ring (bicyclic) bond motifs is 1. The van der Waals surface area contributed by atoms with E-state index in [0.717, 1.165) is 62.0 Å². The minimum absolute atomic E-state index is 0.0224. The van der Waals surface area contributed by atoms with E-state index >= 15 is 0 Å². The van der Waals surface area contributed by atoms with Crippen LogP contribution < -0.4 is 10.4 Å². The second-order valence-corrected chi connectivity index (χ2v) is 19.3. The molecule has 293 valence electrons. The minimum Gasteiger partial charge on any atom is -0.460 e. The zero-order valence-corrected chi connectivity index (χ0v) is 36.9. The second kappa shape index (κ2) is 20.3. The van der Waals surface area contributed by atoms with Crippen LogP contribution in [0.5, 0.6) is 0 Å². The van der Waals surface area contributed by atoms with Gasteiger partial charge >= 0.3 is 13.5 Å². The third kappa shape index (κ3) is 13.7. The molecule has 1 aromatic carbocycles. The van der Waals surface area contributed by atoms with E-state index in [1.165, 1.54) is 37.7 Å². The molecule has 1 fully saturated rings. The van der Waals surface area contributed by atoms with Crippen molar-refractivity contribution in [1.29, 1.82) is 0 Å². The van der Waals surface area contributed by atoms with Gasteiger partial charge in [-0.3, -0.25) is 9.59 Å². The predicted molar refractivity (Wildman–Crippen MR) is 225 cm³/mol. The zero-order chi connectivity index (χ0) is 39.4. The summed E-state index contributed by atoms with van der Waals surface area (Å²) in [4.78, 5) is 27.3. The van der Waals surface area contributed by atoms with Gasteiger partial charge in [0.05, 0.1) is 16.9 Å². The number of carbonyl (C=O) groups is 2. The molecule has 1 atom stereocenters. The lowest BCUT2D eigenvalue weighted by Crippen LogP contribution is -2.50. The molecule has 1 saturated carbocycles. The number of ether oxygens (including phenoxy) is 1. The number of carbonyl (C=O) groups excluding carboxylic acids is 2. The topological polar surface area (TPSA) is 55.8 Å². The fourth-order valence-electron chi connectivity index (χ4n) is 6.84. The lowest BCUT2D eigenvalue weighted by Gasteiger charge is -2.42. The van der Waals surface area contributed by atoms with Crippen LogP contribution in [0.4, 0.5) is 5.69 Å². The van der Waals surface area contributed by atoms with E-state index < -0.39 is 5.60 Å². The van der Waals surface area contributed by atoms with Gasteiger partial charge in [0, 0.05) is 16.5 Å². The zero-order valence-electron chi connectivity index (χ0n) is 36.1. The van der Waals surface area contributed by atoms with Crippen LogP contribution in [0.3, 0.4) is 0 Å². The fourth-order valence-corrected chi connectivity index (χ4v) is 6.90. The number of thiol groups is 1. The van der Waals surface area contributed by atoms with Crippen molar-refractivity contribution in [2.45, 2.75) is 215 Å². The summed E-state index contributed by atoms with van der Waals surface area (Å²) in [7, 11) is 1.85. The van der Waals surface area contributed by atoms with Gasteiger partial charge in [0.15, 0.2) is 0 Å². The molecule has 0 bridgehead atoms. The summed E-state index contributed by atoms with van der Waals surface area (Å²) in [6.45, 7) is 33.6. The maximum atomic E-state index is 14.0. The molecular formula is C44H79BNO4S. The molecule has 1 aliphatic carbocycles. The molecule has 1 aromatic rings. The van der Waals surface area contributed by atoms with Crippen LogP contribution in [0.25, 0.3) is 0 Å². The molecule has 1 radical (unpaired) electrons. The lowest BCUT2D eigenvalue weighted by molar-refractivity contribution is -0.159. The van der Waals surface area contributed by atoms with Crippen molar-refractivity contribution in [3.05, 3.63) is 23.8 Å². The molecule has 7 heteroatoms. The van der Waals surface area contributed by atoms with Crippen LogP contribution in [-0.2, 0) is 24.4 Å². The van der Waals surface area contributed by atoms with Gasteiger partial charge in [-0.2, -0.15) is 12.6 Å². The Labute approximate surface area is 322 Å². The smallest absolute Gasteiger partial charge is 0.330 e. The Balaban J connectivity index is 0.000000562. The molecule has 1 heterocycles. The highest BCUT2D eigenvalue weighted by molar-refractivity contribution is 7.81. The average molecular weight is 729 g/mol. The molecule has 1 unspecified atom stereocenters. The van der Waals surface area contributed by atoms with E-state index in [1.54, 1.807) is 0 Å². The van der Waals surface area contributed by atoms with E-state index in [1.807, 2.05) is 42.1 Å². The standard InChI is InChI=1S/C27H43BNO2S.C9H18O2.C8H18/c1-8-11-19-16-21(17-19)29-23-18-20(28-31-25(4,5)26(6,7)32)12-13-22(23)27(14-9-2,15-10-3)24(29)30;1-6-7(2)8(10)11-9(3,4)5;1-5-7-8(3,4)6-2/h12-13,18-19,21,32H,8-11,14-17H2,1-7H3;7H,6H2,1-5H3;5-7H2,1-4H3. The third-order valence-corrected chi connectivity index (χ3v) is 11.9. The van der Waals surface area contributed by atoms with E-state index in [0.29, 0.717) is 17.4 Å². The molecule has 3 rings (SSSR count). The average Bonchev–Trinajstić information content (AvgIpc) is 3.23. The number of hydrogen-bond donors (Lipinski definition) is 1. The first kappa shape index (κ1) is 47.6. The number of esters is 1. The van der Waals surface area contributed by atoms with Crippen LogP contribution in [0.15, 0.2) is 18.2 Å². The SMILES string of the molecule is CCC(C)C(=O)OC(C)(C)C.CCCC(C)(C)CC.CCCC1CC(N2C(=O)C(CCC)(CCC)c3ccc([B]OC(C)(C)C(C)(C)S)cc32)C1. The highest BCUT2D eigenvalue weighted by Crippen LogP contribution is 2.51. The monoisotopic (exact) mass is 729 g/mol. The minimum atomic E-state index is -0.417. The van der Waals surface area contributed by atoms with Gasteiger partial charge in [-0.25, -0.2) is 0 Å². The van der Waals surface area contributed by atoms with Crippen molar-refractivity contribution >= 4 is 43.1 Å². The van der Waals surface area contributed by atoms with Crippen molar-refractivity contribution in [3.8, 4) is 0 Å². The quantitative estimate of drug-likeness (QED) is 0.105. The molecule has 0 N–H and O–H groups in total. The molecule has 0 saturated heterocycles. The molecular weight excluding hydrogens is 649 g/mol. The largest absolute Gasteiger partial charge is 0.460 e. The highest BCUT2D eigenvalue weighted by atomic mass is 32.1. The van der Waals surface area contributed by atoms with Crippen LogP contribution in [0, 0.1) is 17.3 Å². The van der Waals surface area contributed by atoms with E-state index in [4.69, 9.17) is 22.0 Å². The van der Waals surface area contributed by atoms with Crippen LogP contribution in [0.1, 0.15) is 193 Å². The van der Waals surface area contributed by atoms with Crippen LogP contribution >= 0.6 is 12.6 Å². The first-order valence-electron chi connectivity index (χ1n) is 20.4. The van der Waals surface area contributed by atoms with Gasteiger partial charge < -0.3 is 14.3 Å². The highest BCUT2D eigenvalue weighted by Gasteiger charge is 2.53. The first-order chi connectivity index (χ1) is 23.5. The van der Waals surface area contributed by atoms with Crippen LogP contribution in [-0.4, -0.2) is 41.3 Å². The maximum Gasteiger partial charge on any atom is 0.330 e. The molecule has 51 heavy (non-hydrogen) atoms. The number of rotatable bonds is 16. The van der Waals surface area contributed by atoms with E-state index in [-0.39, 0.29) is 27.7 Å². The predicted octanol–water partition coefficient (Wildman–Crippen LogP) is 11.8. The number of amides is 1. The van der Waals surface area contributed by atoms with Gasteiger partial charge in [-0.1, -0.05) is 118 Å². The Bertz CT molecular complexity index is 1200. The molecule has 0 aromatic heterocycles. The summed E-state index contributed by atoms with van der Waals surface area (Å²) in [5.74, 6) is 1.03. The molecule has 2 aliphatic rings. The van der Waals surface area contributed by atoms with E-state index in [9.17, 15) is 9.59 Å². The van der Waals surface area contributed by atoms with Crippen LogP contribution in [0.2, 0.25) is 0 Å². The Kier molecular flexibility index (Phi) is 18.9. The number of benzene rings is 1. The fraction of sp³-hybridized carbons (Fsp3) is 0.818. The molecule has 5 nitrogen and oxygen atoms in total. The van der Waals surface area contributed by atoms with Gasteiger partial charge in [-0.15, -0.1) is 0 Å². The number of nitrogens with zero attached hydrogens (tertiary/aromatic N) is 1. The summed E-state index contributed by atoms with van der Waals surface area (Å²) in [6, 6.07) is 6.86. The Hall–Kier alpha value is -1.47. The van der Waals surface area contributed by atoms with Gasteiger partial charge in [0.1, 0.15) is 5.60 Å². The Morgan fingerprint density at radius 2 is 1.49 bits per heavy atom. The maximum absolute atomic E-state index is 14.0. The summed E-state index contributed by atoms with van der Waals surface area (Å²) in [5, 5.41) is 0. The molecule has 0 spiro atoms. The van der Waals surface area contributed by atoms with E-state index in [2.05, 4.69) is 99.3 Å². The Morgan fingerprint density at radius 3 is 1.90 bits per heavy atom. The summed E-state index contributed by atoms with van der Waals surface area (Å²) in [5.41, 5.74) is 2.84. The van der Waals surface area contributed by atoms with Gasteiger partial charge in [-0.05, 0) is 110 Å². The summed E-state index contributed by atoms with van der Waals surface area (Å²) < 4.78 is 11.1. The normalized spacial score (nSPS) is 19.2. The van der Waals surface area contributed by atoms with Crippen molar-refractivity contribution < 1.29 is 19.0 Å². The summed E-state index contributed by atoms with van der Waals surface area (Å²) in [6.07, 6.45) is 13.5. The Morgan fingerprint density at radius 1 is 0.922 bits per heavy atom. The number of hydrogen-bond acceptors (Lipinski definition) is 5. The van der Waals surface area contributed by atoms with Gasteiger partial charge in [0.2, 0.25) is 5.91 Å². The summed E-state index contributed by atoms with van der Waals surface area (Å²) >= 11 is 4.72. The second-order valence-electron chi connectivity index (χ2n) is 18.2. The van der Waals surface area contributed by atoms with Crippen molar-refractivity contribution in [2.24, 2.45) is 17.3 Å². The van der Waals surface area contributed by atoms with Crippen molar-refractivity contribution in [1.82, 2.24) is 0 Å². The third-order valence-electron chi connectivity index (χ3n) is 11.3. The van der Waals surface area contributed by atoms with Crippen molar-refractivity contribution in [3.63, 3.8) is 0 Å². The van der Waals surface area contributed by atoms with Gasteiger partial charge in [0.25, 0.3) is 0 Å². The molecule has 1 aliphatic heterocycles. The molecule has 1 amide bonds. The lowest BCUT2D eigenvalue weighted by atomic mass is 9.73. The number of anilines is 1. The van der Waals surface area contributed by atoms with Crippen molar-refractivity contribution in [2.75, 3.05) is 4.90 Å².